The predicted molar refractivity (Wildman–Crippen MR) is 94.0 cm³/mol. The first-order valence-corrected chi connectivity index (χ1v) is 9.40. The van der Waals surface area contributed by atoms with E-state index in [1.807, 2.05) is 0 Å². The van der Waals surface area contributed by atoms with Gasteiger partial charge in [-0.2, -0.15) is 0 Å². The standard InChI is InChI=1S/C18H39N3/c1-5-20(6-2)15-12-16-21(7-3)18-14-11-9-8-10-13-17(18)19-4/h17-19H,5-16H2,1-4H3. The van der Waals surface area contributed by atoms with E-state index in [1.54, 1.807) is 0 Å². The van der Waals surface area contributed by atoms with E-state index in [1.165, 1.54) is 77.7 Å². The van der Waals surface area contributed by atoms with Crippen molar-refractivity contribution >= 4 is 0 Å². The van der Waals surface area contributed by atoms with E-state index in [4.69, 9.17) is 0 Å². The van der Waals surface area contributed by atoms with E-state index in [0.717, 1.165) is 6.04 Å². The third kappa shape index (κ3) is 6.66. The first kappa shape index (κ1) is 18.9. The molecule has 0 saturated heterocycles. The highest BCUT2D eigenvalue weighted by Crippen LogP contribution is 2.22. The zero-order chi connectivity index (χ0) is 15.5. The van der Waals surface area contributed by atoms with Gasteiger partial charge in [-0.15, -0.1) is 0 Å². The number of nitrogens with zero attached hydrogens (tertiary/aromatic N) is 2. The van der Waals surface area contributed by atoms with Crippen molar-refractivity contribution in [2.45, 2.75) is 77.8 Å². The average molecular weight is 298 g/mol. The van der Waals surface area contributed by atoms with Gasteiger partial charge in [-0.25, -0.2) is 0 Å². The van der Waals surface area contributed by atoms with Crippen LogP contribution in [0.5, 0.6) is 0 Å². The predicted octanol–water partition coefficient (Wildman–Crippen LogP) is 3.35. The Bertz CT molecular complexity index is 241. The average Bonchev–Trinajstić information content (AvgIpc) is 2.49. The third-order valence-corrected chi connectivity index (χ3v) is 5.29. The molecule has 0 radical (unpaired) electrons. The number of likely N-dealkylation sites (N-methyl/N-ethyl adjacent to an activating group) is 2. The molecule has 1 aliphatic rings. The maximum absolute atomic E-state index is 3.61. The van der Waals surface area contributed by atoms with Crippen LogP contribution in [0, 0.1) is 0 Å². The summed E-state index contributed by atoms with van der Waals surface area (Å²) in [5.41, 5.74) is 0. The fourth-order valence-electron chi connectivity index (χ4n) is 3.83. The van der Waals surface area contributed by atoms with Crippen LogP contribution in [0.2, 0.25) is 0 Å². The van der Waals surface area contributed by atoms with Gasteiger partial charge < -0.3 is 10.2 Å². The SMILES string of the molecule is CCN(CC)CCCN(CC)C1CCCCCCC1NC. The molecule has 0 amide bonds. The van der Waals surface area contributed by atoms with Gasteiger partial charge in [0.25, 0.3) is 0 Å². The van der Waals surface area contributed by atoms with Gasteiger partial charge in [-0.1, -0.05) is 46.5 Å². The molecule has 0 aromatic rings. The first-order valence-electron chi connectivity index (χ1n) is 9.40. The molecule has 0 aromatic heterocycles. The van der Waals surface area contributed by atoms with Crippen molar-refractivity contribution in [3.63, 3.8) is 0 Å². The maximum Gasteiger partial charge on any atom is 0.0249 e. The molecule has 2 atom stereocenters. The molecule has 2 unspecified atom stereocenters. The molecule has 3 nitrogen and oxygen atoms in total. The van der Waals surface area contributed by atoms with Crippen molar-refractivity contribution in [1.29, 1.82) is 0 Å². The highest BCUT2D eigenvalue weighted by Gasteiger charge is 2.26. The molecule has 0 heterocycles. The summed E-state index contributed by atoms with van der Waals surface area (Å²) in [5.74, 6) is 0. The van der Waals surface area contributed by atoms with Crippen LogP contribution in [0.1, 0.15) is 65.7 Å². The topological polar surface area (TPSA) is 18.5 Å². The Morgan fingerprint density at radius 3 is 2.10 bits per heavy atom. The summed E-state index contributed by atoms with van der Waals surface area (Å²) in [6.07, 6.45) is 9.72. The molecule has 126 valence electrons. The highest BCUT2D eigenvalue weighted by atomic mass is 15.2. The Hall–Kier alpha value is -0.120. The third-order valence-electron chi connectivity index (χ3n) is 5.29. The lowest BCUT2D eigenvalue weighted by atomic mass is 9.91. The molecule has 0 spiro atoms. The monoisotopic (exact) mass is 297 g/mol. The van der Waals surface area contributed by atoms with Crippen molar-refractivity contribution in [3.05, 3.63) is 0 Å². The van der Waals surface area contributed by atoms with Gasteiger partial charge in [0, 0.05) is 12.1 Å². The molecular formula is C18H39N3. The van der Waals surface area contributed by atoms with E-state index >= 15 is 0 Å². The minimum Gasteiger partial charge on any atom is -0.315 e. The number of hydrogen-bond acceptors (Lipinski definition) is 3. The molecule has 0 bridgehead atoms. The van der Waals surface area contributed by atoms with Gasteiger partial charge in [-0.05, 0) is 59.0 Å². The highest BCUT2D eigenvalue weighted by molar-refractivity contribution is 4.85. The van der Waals surface area contributed by atoms with Crippen molar-refractivity contribution in [2.75, 3.05) is 39.8 Å². The summed E-state index contributed by atoms with van der Waals surface area (Å²) in [6.45, 7) is 13.0. The minimum absolute atomic E-state index is 0.693. The number of nitrogens with one attached hydrogen (secondary N) is 1. The second-order valence-electron chi connectivity index (χ2n) is 6.46. The van der Waals surface area contributed by atoms with Crippen LogP contribution in [0.25, 0.3) is 0 Å². The van der Waals surface area contributed by atoms with Crippen LogP contribution < -0.4 is 5.32 Å². The van der Waals surface area contributed by atoms with Crippen LogP contribution in [0.15, 0.2) is 0 Å². The van der Waals surface area contributed by atoms with Gasteiger partial charge in [-0.3, -0.25) is 4.90 Å². The largest absolute Gasteiger partial charge is 0.315 e. The second kappa shape index (κ2) is 11.4. The van der Waals surface area contributed by atoms with Gasteiger partial charge >= 0.3 is 0 Å². The number of hydrogen-bond donors (Lipinski definition) is 1. The van der Waals surface area contributed by atoms with Crippen molar-refractivity contribution in [3.8, 4) is 0 Å². The zero-order valence-electron chi connectivity index (χ0n) is 15.0. The van der Waals surface area contributed by atoms with Crippen LogP contribution >= 0.6 is 0 Å². The molecule has 3 heteroatoms. The summed E-state index contributed by atoms with van der Waals surface area (Å²) >= 11 is 0. The fraction of sp³-hybridized carbons (Fsp3) is 1.00. The Morgan fingerprint density at radius 2 is 1.52 bits per heavy atom. The molecule has 1 rings (SSSR count). The molecule has 0 aromatic carbocycles. The van der Waals surface area contributed by atoms with Gasteiger partial charge in [0.05, 0.1) is 0 Å². The lowest BCUT2D eigenvalue weighted by Gasteiger charge is -2.38. The van der Waals surface area contributed by atoms with E-state index < -0.39 is 0 Å². The summed E-state index contributed by atoms with van der Waals surface area (Å²) in [6, 6.07) is 1.44. The number of rotatable bonds is 9. The molecule has 1 saturated carbocycles. The summed E-state index contributed by atoms with van der Waals surface area (Å²) < 4.78 is 0. The lowest BCUT2D eigenvalue weighted by molar-refractivity contribution is 0.135. The van der Waals surface area contributed by atoms with E-state index in [-0.39, 0.29) is 0 Å². The summed E-state index contributed by atoms with van der Waals surface area (Å²) in [5, 5.41) is 3.61. The van der Waals surface area contributed by atoms with Crippen molar-refractivity contribution in [2.24, 2.45) is 0 Å². The van der Waals surface area contributed by atoms with E-state index in [9.17, 15) is 0 Å². The summed E-state index contributed by atoms with van der Waals surface area (Å²) in [7, 11) is 2.16. The quantitative estimate of drug-likeness (QED) is 0.704. The van der Waals surface area contributed by atoms with E-state index in [2.05, 4.69) is 42.9 Å². The maximum atomic E-state index is 3.61. The van der Waals surface area contributed by atoms with Crippen LogP contribution in [-0.4, -0.2) is 61.7 Å². The lowest BCUT2D eigenvalue weighted by Crippen LogP contribution is -2.50. The second-order valence-corrected chi connectivity index (χ2v) is 6.46. The Balaban J connectivity index is 2.49. The van der Waals surface area contributed by atoms with Crippen LogP contribution in [-0.2, 0) is 0 Å². The molecule has 1 N–H and O–H groups in total. The van der Waals surface area contributed by atoms with Gasteiger partial charge in [0.1, 0.15) is 0 Å². The summed E-state index contributed by atoms with van der Waals surface area (Å²) in [4.78, 5) is 5.29. The van der Waals surface area contributed by atoms with Crippen LogP contribution in [0.4, 0.5) is 0 Å². The first-order chi connectivity index (χ1) is 10.3. The zero-order valence-corrected chi connectivity index (χ0v) is 15.0. The fourth-order valence-corrected chi connectivity index (χ4v) is 3.83. The van der Waals surface area contributed by atoms with E-state index in [0.29, 0.717) is 6.04 Å². The van der Waals surface area contributed by atoms with Gasteiger partial charge in [0.15, 0.2) is 0 Å². The Kier molecular flexibility index (Phi) is 10.3. The molecule has 21 heavy (non-hydrogen) atoms. The van der Waals surface area contributed by atoms with Crippen molar-refractivity contribution in [1.82, 2.24) is 15.1 Å². The molecule has 1 fully saturated rings. The Labute approximate surface area is 133 Å². The van der Waals surface area contributed by atoms with Crippen LogP contribution in [0.3, 0.4) is 0 Å². The molecule has 0 aliphatic heterocycles. The smallest absolute Gasteiger partial charge is 0.0249 e. The minimum atomic E-state index is 0.693. The van der Waals surface area contributed by atoms with Gasteiger partial charge in [0.2, 0.25) is 0 Å². The van der Waals surface area contributed by atoms with Crippen molar-refractivity contribution < 1.29 is 0 Å². The molecular weight excluding hydrogens is 258 g/mol. The Morgan fingerprint density at radius 1 is 0.857 bits per heavy atom. The molecule has 1 aliphatic carbocycles. The normalized spacial score (nSPS) is 24.3.